The minimum atomic E-state index is 0.425. The smallest absolute Gasteiger partial charge is 0.181 e. The highest BCUT2D eigenvalue weighted by molar-refractivity contribution is 7.14. The molecule has 0 aliphatic heterocycles. The Labute approximate surface area is 106 Å². The molecule has 17 heavy (non-hydrogen) atoms. The van der Waals surface area contributed by atoms with Crippen molar-refractivity contribution >= 4 is 28.6 Å². The average molecular weight is 266 g/mol. The Morgan fingerprint density at radius 2 is 2.12 bits per heavy atom. The molecule has 0 aliphatic carbocycles. The van der Waals surface area contributed by atoms with Crippen molar-refractivity contribution in [2.45, 2.75) is 13.8 Å². The lowest BCUT2D eigenvalue weighted by atomic mass is 10.4. The van der Waals surface area contributed by atoms with Gasteiger partial charge in [-0.25, -0.2) is 9.97 Å². The quantitative estimate of drug-likeness (QED) is 0.635. The van der Waals surface area contributed by atoms with Gasteiger partial charge in [0.15, 0.2) is 11.5 Å². The van der Waals surface area contributed by atoms with Crippen molar-refractivity contribution in [1.29, 1.82) is 0 Å². The highest BCUT2D eigenvalue weighted by Gasteiger charge is 2.13. The fourth-order valence-corrected chi connectivity index (χ4v) is 2.65. The third-order valence-corrected chi connectivity index (χ3v) is 3.47. The Morgan fingerprint density at radius 3 is 2.82 bits per heavy atom. The summed E-state index contributed by atoms with van der Waals surface area (Å²) in [6, 6.07) is 1.69. The van der Waals surface area contributed by atoms with Gasteiger partial charge in [-0.2, -0.15) is 0 Å². The third kappa shape index (κ3) is 1.69. The first-order chi connectivity index (χ1) is 8.15. The summed E-state index contributed by atoms with van der Waals surface area (Å²) >= 11 is 7.46. The van der Waals surface area contributed by atoms with Crippen LogP contribution in [-0.4, -0.2) is 24.6 Å². The normalized spacial score (nSPS) is 11.2. The van der Waals surface area contributed by atoms with Crippen LogP contribution in [0.3, 0.4) is 0 Å². The average Bonchev–Trinajstić information content (AvgIpc) is 2.83. The number of rotatable bonds is 1. The molecule has 0 saturated carbocycles. The maximum atomic E-state index is 5.88. The molecule has 0 N–H and O–H groups in total. The zero-order chi connectivity index (χ0) is 12.0. The highest BCUT2D eigenvalue weighted by atomic mass is 35.5. The maximum absolute atomic E-state index is 5.88. The van der Waals surface area contributed by atoms with Gasteiger partial charge in [-0.15, -0.1) is 21.5 Å². The number of aryl methyl sites for hydroxylation is 2. The molecule has 3 aromatic rings. The van der Waals surface area contributed by atoms with Crippen molar-refractivity contribution in [2.75, 3.05) is 0 Å². The van der Waals surface area contributed by atoms with Crippen molar-refractivity contribution in [3.8, 4) is 10.7 Å². The Morgan fingerprint density at radius 1 is 1.29 bits per heavy atom. The van der Waals surface area contributed by atoms with Crippen molar-refractivity contribution in [1.82, 2.24) is 24.6 Å². The van der Waals surface area contributed by atoms with E-state index in [0.717, 1.165) is 21.5 Å². The molecule has 7 heteroatoms. The number of aromatic nitrogens is 5. The molecule has 0 aliphatic rings. The van der Waals surface area contributed by atoms with Crippen LogP contribution in [0.15, 0.2) is 12.3 Å². The number of thiazole rings is 1. The summed E-state index contributed by atoms with van der Waals surface area (Å²) in [7, 11) is 0. The second-order valence-electron chi connectivity index (χ2n) is 3.59. The zero-order valence-corrected chi connectivity index (χ0v) is 10.7. The number of hydrogen-bond acceptors (Lipinski definition) is 5. The second-order valence-corrected chi connectivity index (χ2v) is 5.21. The summed E-state index contributed by atoms with van der Waals surface area (Å²) in [6.45, 7) is 3.83. The van der Waals surface area contributed by atoms with E-state index in [9.17, 15) is 0 Å². The van der Waals surface area contributed by atoms with Crippen LogP contribution >= 0.6 is 22.9 Å². The van der Waals surface area contributed by atoms with Gasteiger partial charge in [-0.3, -0.25) is 4.40 Å². The van der Waals surface area contributed by atoms with Gasteiger partial charge in [0.2, 0.25) is 0 Å². The molecule has 0 amide bonds. The van der Waals surface area contributed by atoms with Crippen LogP contribution in [-0.2, 0) is 0 Å². The molecule has 0 radical (unpaired) electrons. The van der Waals surface area contributed by atoms with E-state index in [2.05, 4.69) is 20.2 Å². The van der Waals surface area contributed by atoms with Crippen LogP contribution in [0.25, 0.3) is 16.3 Å². The number of hydrogen-bond donors (Lipinski definition) is 0. The Hall–Kier alpha value is -1.53. The Kier molecular flexibility index (Phi) is 2.34. The largest absolute Gasteiger partial charge is 0.262 e. The van der Waals surface area contributed by atoms with Crippen LogP contribution in [0.5, 0.6) is 0 Å². The highest BCUT2D eigenvalue weighted by Crippen LogP contribution is 2.25. The fraction of sp³-hybridized carbons (Fsp3) is 0.200. The van der Waals surface area contributed by atoms with Gasteiger partial charge in [0.05, 0.1) is 9.88 Å². The van der Waals surface area contributed by atoms with Crippen LogP contribution in [0.2, 0.25) is 5.15 Å². The van der Waals surface area contributed by atoms with Gasteiger partial charge in [0.25, 0.3) is 0 Å². The predicted octanol–water partition coefficient (Wildman–Crippen LogP) is 2.52. The SMILES string of the molecule is Cc1ncc(-c2nnc3cc(Cl)nc(C)n23)s1. The molecule has 0 fully saturated rings. The topological polar surface area (TPSA) is 56.0 Å². The van der Waals surface area contributed by atoms with Crippen LogP contribution < -0.4 is 0 Å². The lowest BCUT2D eigenvalue weighted by Gasteiger charge is -2.01. The van der Waals surface area contributed by atoms with E-state index in [1.165, 1.54) is 0 Å². The Bertz CT molecular complexity index is 702. The van der Waals surface area contributed by atoms with Gasteiger partial charge >= 0.3 is 0 Å². The number of fused-ring (bicyclic) bond motifs is 1. The third-order valence-electron chi connectivity index (χ3n) is 2.37. The van der Waals surface area contributed by atoms with Gasteiger partial charge in [-0.1, -0.05) is 11.6 Å². The Balaban J connectivity index is 2.31. The molecule has 0 atom stereocenters. The maximum Gasteiger partial charge on any atom is 0.181 e. The minimum absolute atomic E-state index is 0.425. The summed E-state index contributed by atoms with van der Waals surface area (Å²) in [4.78, 5) is 9.39. The second kappa shape index (κ2) is 3.75. The molecule has 0 saturated heterocycles. The van der Waals surface area contributed by atoms with Gasteiger partial charge < -0.3 is 0 Å². The molecule has 0 aromatic carbocycles. The summed E-state index contributed by atoms with van der Waals surface area (Å²) < 4.78 is 1.87. The lowest BCUT2D eigenvalue weighted by Crippen LogP contribution is -1.97. The molecule has 5 nitrogen and oxygen atoms in total. The monoisotopic (exact) mass is 265 g/mol. The van der Waals surface area contributed by atoms with Crippen molar-refractivity contribution in [2.24, 2.45) is 0 Å². The summed E-state index contributed by atoms with van der Waals surface area (Å²) in [6.07, 6.45) is 1.80. The van der Waals surface area contributed by atoms with Crippen molar-refractivity contribution in [3.05, 3.63) is 28.2 Å². The van der Waals surface area contributed by atoms with E-state index in [4.69, 9.17) is 11.6 Å². The first kappa shape index (κ1) is 10.6. The van der Waals surface area contributed by atoms with Gasteiger partial charge in [-0.05, 0) is 13.8 Å². The molecule has 3 heterocycles. The molecule has 86 valence electrons. The minimum Gasteiger partial charge on any atom is -0.262 e. The zero-order valence-electron chi connectivity index (χ0n) is 9.18. The van der Waals surface area contributed by atoms with E-state index < -0.39 is 0 Å². The van der Waals surface area contributed by atoms with E-state index in [0.29, 0.717) is 10.8 Å². The van der Waals surface area contributed by atoms with Gasteiger partial charge in [0.1, 0.15) is 11.0 Å². The van der Waals surface area contributed by atoms with Crippen LogP contribution in [0.4, 0.5) is 0 Å². The summed E-state index contributed by atoms with van der Waals surface area (Å²) in [5.41, 5.74) is 0.698. The molecular formula is C10H8ClN5S. The first-order valence-corrected chi connectivity index (χ1v) is 6.15. The van der Waals surface area contributed by atoms with E-state index in [-0.39, 0.29) is 0 Å². The van der Waals surface area contributed by atoms with E-state index in [1.54, 1.807) is 23.6 Å². The number of halogens is 1. The molecular weight excluding hydrogens is 258 g/mol. The summed E-state index contributed by atoms with van der Waals surface area (Å²) in [5.74, 6) is 1.52. The standard InChI is InChI=1S/C10H8ClN5S/c1-5-13-8(11)3-9-14-15-10(16(5)9)7-4-12-6(2)17-7/h3-4H,1-2H3. The van der Waals surface area contributed by atoms with Crippen molar-refractivity contribution in [3.63, 3.8) is 0 Å². The lowest BCUT2D eigenvalue weighted by molar-refractivity contribution is 0.990. The predicted molar refractivity (Wildman–Crippen MR) is 66.4 cm³/mol. The molecule has 0 spiro atoms. The van der Waals surface area contributed by atoms with Crippen LogP contribution in [0, 0.1) is 13.8 Å². The van der Waals surface area contributed by atoms with Gasteiger partial charge in [0, 0.05) is 12.3 Å². The van der Waals surface area contributed by atoms with Crippen molar-refractivity contribution < 1.29 is 0 Å². The molecule has 3 aromatic heterocycles. The molecule has 3 rings (SSSR count). The van der Waals surface area contributed by atoms with Crippen LogP contribution in [0.1, 0.15) is 10.8 Å². The molecule has 0 bridgehead atoms. The first-order valence-electron chi connectivity index (χ1n) is 4.96. The summed E-state index contributed by atoms with van der Waals surface area (Å²) in [5, 5.41) is 9.68. The fourth-order valence-electron chi connectivity index (χ4n) is 1.68. The molecule has 0 unspecified atom stereocenters. The number of nitrogens with zero attached hydrogens (tertiary/aromatic N) is 5. The van der Waals surface area contributed by atoms with E-state index >= 15 is 0 Å². The van der Waals surface area contributed by atoms with E-state index in [1.807, 2.05) is 18.2 Å².